The average molecular weight is 569 g/mol. The molecule has 6 nitrogen and oxygen atoms in total. The third-order valence-corrected chi connectivity index (χ3v) is 12.4. The van der Waals surface area contributed by atoms with Crippen LogP contribution in [-0.4, -0.2) is 30.6 Å². The first-order valence-electron chi connectivity index (χ1n) is 16.2. The van der Waals surface area contributed by atoms with Crippen LogP contribution in [0.2, 0.25) is 0 Å². The van der Waals surface area contributed by atoms with Crippen LogP contribution in [-0.2, 0) is 0 Å². The molecule has 3 N–H and O–H groups in total. The van der Waals surface area contributed by atoms with Crippen molar-refractivity contribution < 1.29 is 0 Å². The molecule has 3 aromatic rings. The molecule has 6 unspecified atom stereocenters. The Labute approximate surface area is 245 Å². The minimum absolute atomic E-state index is 0.367. The zero-order valence-electron chi connectivity index (χ0n) is 27.5. The molecule has 0 aliphatic carbocycles. The van der Waals surface area contributed by atoms with E-state index in [2.05, 4.69) is 98.4 Å². The summed E-state index contributed by atoms with van der Waals surface area (Å²) in [5, 5.41) is 30.4. The van der Waals surface area contributed by atoms with Crippen LogP contribution in [0.5, 0.6) is 0 Å². The lowest BCUT2D eigenvalue weighted by atomic mass is 10.00. The average Bonchev–Trinajstić information content (AvgIpc) is 3.73. The summed E-state index contributed by atoms with van der Waals surface area (Å²) in [4.78, 5) is 0. The van der Waals surface area contributed by atoms with Crippen LogP contribution in [0.3, 0.4) is 0 Å². The zero-order chi connectivity index (χ0) is 29.7. The Bertz CT molecular complexity index is 975. The third-order valence-electron chi connectivity index (χ3n) is 9.61. The zero-order valence-corrected chi connectivity index (χ0v) is 28.4. The third kappa shape index (κ3) is 6.13. The van der Waals surface area contributed by atoms with Gasteiger partial charge in [-0.1, -0.05) is 83.1 Å². The van der Waals surface area contributed by atoms with Gasteiger partial charge in [0.05, 0.1) is 17.1 Å². The molecule has 0 aliphatic heterocycles. The highest BCUT2D eigenvalue weighted by molar-refractivity contribution is 7.80. The van der Waals surface area contributed by atoms with E-state index < -0.39 is 7.92 Å². The molecule has 3 aromatic heterocycles. The van der Waals surface area contributed by atoms with Crippen molar-refractivity contribution in [1.82, 2.24) is 30.6 Å². The van der Waals surface area contributed by atoms with Crippen LogP contribution >= 0.6 is 7.92 Å². The first kappa shape index (κ1) is 32.6. The van der Waals surface area contributed by atoms with Gasteiger partial charge in [-0.3, -0.25) is 15.3 Å². The molecule has 6 atom stereocenters. The molecule has 224 valence electrons. The minimum atomic E-state index is -0.970. The second-order valence-electron chi connectivity index (χ2n) is 12.3. The highest BCUT2D eigenvalue weighted by Crippen LogP contribution is 2.46. The Morgan fingerprint density at radius 2 is 0.650 bits per heavy atom. The van der Waals surface area contributed by atoms with Gasteiger partial charge in [0, 0.05) is 50.7 Å². The van der Waals surface area contributed by atoms with Crippen LogP contribution < -0.4 is 15.9 Å². The summed E-state index contributed by atoms with van der Waals surface area (Å²) in [5.74, 6) is 2.27. The number of aromatic nitrogens is 6. The van der Waals surface area contributed by atoms with Gasteiger partial charge < -0.3 is 0 Å². The summed E-state index contributed by atoms with van der Waals surface area (Å²) in [7, 11) is -0.970. The lowest BCUT2D eigenvalue weighted by Gasteiger charge is -2.28. The molecule has 0 aliphatic rings. The van der Waals surface area contributed by atoms with E-state index in [0.717, 1.165) is 38.5 Å². The molecule has 0 aromatic carbocycles. The fourth-order valence-corrected chi connectivity index (χ4v) is 9.09. The number of hydrogen-bond acceptors (Lipinski definition) is 3. The van der Waals surface area contributed by atoms with E-state index >= 15 is 0 Å². The Morgan fingerprint density at radius 1 is 0.425 bits per heavy atom. The molecule has 3 heterocycles. The monoisotopic (exact) mass is 568 g/mol. The molecule has 0 spiro atoms. The van der Waals surface area contributed by atoms with Gasteiger partial charge in [-0.15, -0.1) is 0 Å². The van der Waals surface area contributed by atoms with E-state index in [9.17, 15) is 0 Å². The smallest absolute Gasteiger partial charge is 0.0736 e. The predicted molar refractivity (Wildman–Crippen MR) is 174 cm³/mol. The number of rotatable bonds is 15. The van der Waals surface area contributed by atoms with Crippen molar-refractivity contribution in [1.29, 1.82) is 0 Å². The Morgan fingerprint density at radius 3 is 0.850 bits per heavy atom. The van der Waals surface area contributed by atoms with E-state index in [0.29, 0.717) is 35.5 Å². The van der Waals surface area contributed by atoms with E-state index in [1.807, 2.05) is 0 Å². The molecule has 0 bridgehead atoms. The van der Waals surface area contributed by atoms with Crippen LogP contribution in [0.25, 0.3) is 0 Å². The van der Waals surface area contributed by atoms with Crippen LogP contribution in [0, 0.1) is 0 Å². The normalized spacial score (nSPS) is 17.4. The molecule has 0 amide bonds. The topological polar surface area (TPSA) is 86.0 Å². The van der Waals surface area contributed by atoms with Gasteiger partial charge in [0.15, 0.2) is 0 Å². The number of nitrogens with one attached hydrogen (secondary N) is 3. The number of H-pyrrole nitrogens is 3. The summed E-state index contributed by atoms with van der Waals surface area (Å²) in [5.41, 5.74) is 7.63. The lowest BCUT2D eigenvalue weighted by Crippen LogP contribution is -2.33. The van der Waals surface area contributed by atoms with Gasteiger partial charge in [0.1, 0.15) is 0 Å². The molecule has 0 fully saturated rings. The second-order valence-corrected chi connectivity index (χ2v) is 14.3. The summed E-state index contributed by atoms with van der Waals surface area (Å²) in [6.07, 6.45) is 6.39. The van der Waals surface area contributed by atoms with Gasteiger partial charge in [0.25, 0.3) is 0 Å². The Balaban J connectivity index is 2.60. The van der Waals surface area contributed by atoms with Gasteiger partial charge in [0.2, 0.25) is 0 Å². The number of hydrogen-bond donors (Lipinski definition) is 3. The van der Waals surface area contributed by atoms with Crippen molar-refractivity contribution in [2.24, 2.45) is 0 Å². The van der Waals surface area contributed by atoms with Crippen molar-refractivity contribution in [3.63, 3.8) is 0 Å². The van der Waals surface area contributed by atoms with E-state index in [4.69, 9.17) is 15.3 Å². The van der Waals surface area contributed by atoms with Crippen LogP contribution in [0.4, 0.5) is 0 Å². The highest BCUT2D eigenvalue weighted by Gasteiger charge is 2.39. The first-order chi connectivity index (χ1) is 19.1. The first-order valence-corrected chi connectivity index (χ1v) is 17.5. The van der Waals surface area contributed by atoms with Gasteiger partial charge in [-0.2, -0.15) is 15.3 Å². The number of nitrogens with zero attached hydrogens (tertiary/aromatic N) is 3. The molecule has 0 radical (unpaired) electrons. The second kappa shape index (κ2) is 14.3. The van der Waals surface area contributed by atoms with Crippen LogP contribution in [0.1, 0.15) is 191 Å². The summed E-state index contributed by atoms with van der Waals surface area (Å²) in [6, 6.07) is 0. The quantitative estimate of drug-likeness (QED) is 0.160. The van der Waals surface area contributed by atoms with Crippen LogP contribution in [0.15, 0.2) is 0 Å². The maximum absolute atomic E-state index is 5.11. The molecular weight excluding hydrogens is 511 g/mol. The Kier molecular flexibility index (Phi) is 11.6. The molecular formula is C33H57N6P. The molecule has 0 saturated carbocycles. The number of aromatic amines is 3. The van der Waals surface area contributed by atoms with Gasteiger partial charge >= 0.3 is 0 Å². The van der Waals surface area contributed by atoms with E-state index in [1.54, 1.807) is 0 Å². The van der Waals surface area contributed by atoms with Crippen molar-refractivity contribution in [3.05, 3.63) is 34.2 Å². The SMILES string of the molecule is CCC(C)c1n[nH]c(C(C)CC)c1P(c1c(C(C)CC)n[nH]c1C(C)CC)c1c(C(C)CC)n[nH]c1C(C)CC. The molecule has 3 rings (SSSR count). The van der Waals surface area contributed by atoms with Gasteiger partial charge in [-0.05, 0) is 64.2 Å². The molecule has 7 heteroatoms. The van der Waals surface area contributed by atoms with E-state index in [1.165, 1.54) is 50.1 Å². The Hall–Kier alpha value is -1.94. The van der Waals surface area contributed by atoms with E-state index in [-0.39, 0.29) is 0 Å². The standard InChI is InChI=1S/C33H57N6P/c1-13-19(7)25-31(26(35-34-25)20(8)14-2)40(32-27(21(9)15-3)36-37-28(32)22(10)16-4)33-29(23(11)17-5)38-39-30(33)24(12)18-6/h19-24H,13-18H2,1-12H3,(H,34,35)(H,36,37)(H,38,39). The summed E-state index contributed by atoms with van der Waals surface area (Å²) < 4.78 is 0. The maximum Gasteiger partial charge on any atom is 0.0736 e. The fourth-order valence-electron chi connectivity index (χ4n) is 5.39. The molecule has 0 saturated heterocycles. The predicted octanol–water partition coefficient (Wildman–Crippen LogP) is 8.70. The van der Waals surface area contributed by atoms with Gasteiger partial charge in [-0.25, -0.2) is 0 Å². The van der Waals surface area contributed by atoms with Crippen molar-refractivity contribution >= 4 is 23.8 Å². The largest absolute Gasteiger partial charge is 0.281 e. The molecule has 40 heavy (non-hydrogen) atoms. The summed E-state index contributed by atoms with van der Waals surface area (Å²) >= 11 is 0. The lowest BCUT2D eigenvalue weighted by molar-refractivity contribution is 0.695. The summed E-state index contributed by atoms with van der Waals surface area (Å²) in [6.45, 7) is 27.8. The van der Waals surface area contributed by atoms with Crippen molar-refractivity contribution in [3.8, 4) is 0 Å². The fraction of sp³-hybridized carbons (Fsp3) is 0.727. The van der Waals surface area contributed by atoms with Crippen molar-refractivity contribution in [2.75, 3.05) is 0 Å². The van der Waals surface area contributed by atoms with Crippen molar-refractivity contribution in [2.45, 2.75) is 157 Å². The minimum Gasteiger partial charge on any atom is -0.281 e. The highest BCUT2D eigenvalue weighted by atomic mass is 31.1. The maximum atomic E-state index is 5.11.